The van der Waals surface area contributed by atoms with Gasteiger partial charge in [0, 0.05) is 0 Å². The highest BCUT2D eigenvalue weighted by molar-refractivity contribution is 6.07. The van der Waals surface area contributed by atoms with Gasteiger partial charge in [-0.3, -0.25) is 9.69 Å². The zero-order chi connectivity index (χ0) is 16.7. The summed E-state index contributed by atoms with van der Waals surface area (Å²) < 4.78 is 0. The molecule has 2 aromatic rings. The van der Waals surface area contributed by atoms with E-state index in [2.05, 4.69) is 17.4 Å². The first kappa shape index (κ1) is 14.9. The van der Waals surface area contributed by atoms with Gasteiger partial charge >= 0.3 is 6.03 Å². The maximum atomic E-state index is 13.0. The third-order valence-corrected chi connectivity index (χ3v) is 5.13. The number of aryl methyl sites for hydroxylation is 2. The van der Waals surface area contributed by atoms with Crippen LogP contribution in [0.1, 0.15) is 35.6 Å². The predicted octanol–water partition coefficient (Wildman–Crippen LogP) is 3.14. The van der Waals surface area contributed by atoms with Gasteiger partial charge in [-0.05, 0) is 48.4 Å². The molecule has 4 heteroatoms. The molecule has 0 saturated carbocycles. The monoisotopic (exact) mass is 320 g/mol. The van der Waals surface area contributed by atoms with E-state index < -0.39 is 5.54 Å². The average Bonchev–Trinajstić information content (AvgIpc) is 3.14. The first-order valence-corrected chi connectivity index (χ1v) is 8.38. The van der Waals surface area contributed by atoms with Gasteiger partial charge in [0.2, 0.25) is 0 Å². The Hall–Kier alpha value is -2.62. The minimum Gasteiger partial charge on any atom is -0.319 e. The number of hydrogen-bond acceptors (Lipinski definition) is 2. The van der Waals surface area contributed by atoms with Crippen molar-refractivity contribution in [1.29, 1.82) is 0 Å². The van der Waals surface area contributed by atoms with Crippen LogP contribution in [0.4, 0.5) is 4.79 Å². The van der Waals surface area contributed by atoms with E-state index in [4.69, 9.17) is 0 Å². The molecular weight excluding hydrogens is 300 g/mol. The van der Waals surface area contributed by atoms with Crippen LogP contribution in [0.3, 0.4) is 0 Å². The summed E-state index contributed by atoms with van der Waals surface area (Å²) in [4.78, 5) is 26.7. The van der Waals surface area contributed by atoms with E-state index in [1.54, 1.807) is 6.92 Å². The number of fused-ring (bicyclic) bond motifs is 1. The molecule has 4 rings (SSSR count). The lowest BCUT2D eigenvalue weighted by Crippen LogP contribution is -2.40. The van der Waals surface area contributed by atoms with Crippen LogP contribution in [-0.2, 0) is 29.7 Å². The van der Waals surface area contributed by atoms with Crippen molar-refractivity contribution in [2.24, 2.45) is 0 Å². The standard InChI is InChI=1S/C20H20N2O2/c1-20(17-11-10-15-8-5-9-16(15)12-17)18(23)22(19(24)21-20)13-14-6-3-2-4-7-14/h2-4,6-7,10-12H,5,8-9,13H2,1H3,(H,21,24)/t20-/m1/s1. The largest absolute Gasteiger partial charge is 0.325 e. The van der Waals surface area contributed by atoms with Crippen molar-refractivity contribution in [3.63, 3.8) is 0 Å². The molecule has 1 aliphatic heterocycles. The lowest BCUT2D eigenvalue weighted by Gasteiger charge is -2.23. The number of rotatable bonds is 3. The fourth-order valence-corrected chi connectivity index (χ4v) is 3.69. The highest BCUT2D eigenvalue weighted by Crippen LogP contribution is 2.33. The van der Waals surface area contributed by atoms with Crippen molar-refractivity contribution in [3.8, 4) is 0 Å². The third-order valence-electron chi connectivity index (χ3n) is 5.13. The Morgan fingerprint density at radius 3 is 2.58 bits per heavy atom. The van der Waals surface area contributed by atoms with E-state index in [9.17, 15) is 9.59 Å². The second-order valence-electron chi connectivity index (χ2n) is 6.77. The van der Waals surface area contributed by atoms with Crippen LogP contribution in [0.25, 0.3) is 0 Å². The van der Waals surface area contributed by atoms with E-state index in [0.717, 1.165) is 30.4 Å². The summed E-state index contributed by atoms with van der Waals surface area (Å²) >= 11 is 0. The quantitative estimate of drug-likeness (QED) is 0.883. The number of carbonyl (C=O) groups is 2. The van der Waals surface area contributed by atoms with Crippen LogP contribution in [0.5, 0.6) is 0 Å². The lowest BCUT2D eigenvalue weighted by molar-refractivity contribution is -0.131. The zero-order valence-electron chi connectivity index (χ0n) is 13.7. The minimum absolute atomic E-state index is 0.186. The molecular formula is C20H20N2O2. The first-order valence-electron chi connectivity index (χ1n) is 8.38. The highest BCUT2D eigenvalue weighted by atomic mass is 16.2. The number of benzene rings is 2. The summed E-state index contributed by atoms with van der Waals surface area (Å²) in [5, 5.41) is 2.90. The van der Waals surface area contributed by atoms with Crippen molar-refractivity contribution in [1.82, 2.24) is 10.2 Å². The summed E-state index contributed by atoms with van der Waals surface area (Å²) in [6.07, 6.45) is 3.32. The molecule has 3 amide bonds. The Morgan fingerprint density at radius 1 is 1.04 bits per heavy atom. The van der Waals surface area contributed by atoms with Crippen molar-refractivity contribution >= 4 is 11.9 Å². The van der Waals surface area contributed by atoms with Gasteiger partial charge in [0.15, 0.2) is 0 Å². The Labute approximate surface area is 141 Å². The van der Waals surface area contributed by atoms with Crippen molar-refractivity contribution in [2.45, 2.75) is 38.3 Å². The Bertz CT molecular complexity index is 816. The van der Waals surface area contributed by atoms with Gasteiger partial charge in [0.05, 0.1) is 6.54 Å². The first-order chi connectivity index (χ1) is 11.6. The van der Waals surface area contributed by atoms with Crippen molar-refractivity contribution in [3.05, 3.63) is 70.8 Å². The highest BCUT2D eigenvalue weighted by Gasteiger charge is 2.49. The van der Waals surface area contributed by atoms with E-state index in [0.29, 0.717) is 6.54 Å². The summed E-state index contributed by atoms with van der Waals surface area (Å²) in [5.74, 6) is -0.186. The second-order valence-corrected chi connectivity index (χ2v) is 6.77. The Kier molecular flexibility index (Phi) is 3.41. The van der Waals surface area contributed by atoms with Gasteiger partial charge in [0.1, 0.15) is 5.54 Å². The zero-order valence-corrected chi connectivity index (χ0v) is 13.7. The topological polar surface area (TPSA) is 49.4 Å². The summed E-state index contributed by atoms with van der Waals surface area (Å²) in [5.41, 5.74) is 3.50. The number of nitrogens with one attached hydrogen (secondary N) is 1. The van der Waals surface area contributed by atoms with Crippen LogP contribution in [0.15, 0.2) is 48.5 Å². The van der Waals surface area contributed by atoms with Gasteiger partial charge < -0.3 is 5.32 Å². The molecule has 1 fully saturated rings. The maximum absolute atomic E-state index is 13.0. The molecule has 0 bridgehead atoms. The van der Waals surface area contributed by atoms with E-state index in [1.807, 2.05) is 36.4 Å². The van der Waals surface area contributed by atoms with Crippen LogP contribution < -0.4 is 5.32 Å². The van der Waals surface area contributed by atoms with Crippen molar-refractivity contribution in [2.75, 3.05) is 0 Å². The summed E-state index contributed by atoms with van der Waals surface area (Å²) in [6, 6.07) is 15.4. The number of carbonyl (C=O) groups excluding carboxylic acids is 2. The smallest absolute Gasteiger partial charge is 0.319 e. The molecule has 2 aromatic carbocycles. The van der Waals surface area contributed by atoms with E-state index >= 15 is 0 Å². The van der Waals surface area contributed by atoms with Crippen molar-refractivity contribution < 1.29 is 9.59 Å². The van der Waals surface area contributed by atoms with Gasteiger partial charge in [-0.1, -0.05) is 48.5 Å². The molecule has 0 aromatic heterocycles. The second kappa shape index (κ2) is 5.48. The molecule has 2 aliphatic rings. The SMILES string of the molecule is C[C@]1(c2ccc3c(c2)CCC3)NC(=O)N(Cc2ccccc2)C1=O. The number of hydrogen-bond donors (Lipinski definition) is 1. The molecule has 0 spiro atoms. The number of nitrogens with zero attached hydrogens (tertiary/aromatic N) is 1. The number of urea groups is 1. The van der Waals surface area contributed by atoms with Crippen LogP contribution in [0, 0.1) is 0 Å². The summed E-state index contributed by atoms with van der Waals surface area (Å²) in [7, 11) is 0. The molecule has 0 unspecified atom stereocenters. The van der Waals surface area contributed by atoms with Crippen LogP contribution in [0.2, 0.25) is 0 Å². The molecule has 0 radical (unpaired) electrons. The lowest BCUT2D eigenvalue weighted by atomic mass is 9.89. The summed E-state index contributed by atoms with van der Waals surface area (Å²) in [6.45, 7) is 2.10. The molecule has 1 aliphatic carbocycles. The average molecular weight is 320 g/mol. The number of imide groups is 1. The third kappa shape index (κ3) is 2.30. The Balaban J connectivity index is 1.64. The molecule has 1 heterocycles. The predicted molar refractivity (Wildman–Crippen MR) is 91.3 cm³/mol. The Morgan fingerprint density at radius 2 is 1.79 bits per heavy atom. The minimum atomic E-state index is -0.983. The van der Waals surface area contributed by atoms with Gasteiger partial charge in [-0.2, -0.15) is 0 Å². The molecule has 122 valence electrons. The molecule has 24 heavy (non-hydrogen) atoms. The number of amides is 3. The molecule has 1 atom stereocenters. The molecule has 1 N–H and O–H groups in total. The normalized spacial score (nSPS) is 22.6. The van der Waals surface area contributed by atoms with Gasteiger partial charge in [-0.25, -0.2) is 4.79 Å². The molecule has 4 nitrogen and oxygen atoms in total. The maximum Gasteiger partial charge on any atom is 0.325 e. The van der Waals surface area contributed by atoms with Gasteiger partial charge in [-0.15, -0.1) is 0 Å². The van der Waals surface area contributed by atoms with E-state index in [-0.39, 0.29) is 11.9 Å². The molecule has 1 saturated heterocycles. The fraction of sp³-hybridized carbons (Fsp3) is 0.300. The fourth-order valence-electron chi connectivity index (χ4n) is 3.69. The van der Waals surface area contributed by atoms with Crippen LogP contribution >= 0.6 is 0 Å². The van der Waals surface area contributed by atoms with Crippen LogP contribution in [-0.4, -0.2) is 16.8 Å². The van der Waals surface area contributed by atoms with E-state index in [1.165, 1.54) is 16.0 Å². The van der Waals surface area contributed by atoms with Gasteiger partial charge in [0.25, 0.3) is 5.91 Å².